The number of fused-ring (bicyclic) bond motifs is 2. The number of nitrogens with zero attached hydrogens (tertiary/aromatic N) is 3. The lowest BCUT2D eigenvalue weighted by molar-refractivity contribution is 0.0693. The highest BCUT2D eigenvalue weighted by molar-refractivity contribution is 7.22. The molecule has 5 rings (SSSR count). The molecule has 3 amide bonds. The van der Waals surface area contributed by atoms with Crippen LogP contribution in [0.4, 0.5) is 5.13 Å². The van der Waals surface area contributed by atoms with Gasteiger partial charge in [-0.25, -0.2) is 4.98 Å². The van der Waals surface area contributed by atoms with Gasteiger partial charge in [-0.15, -0.1) is 0 Å². The van der Waals surface area contributed by atoms with E-state index in [0.717, 1.165) is 20.7 Å². The van der Waals surface area contributed by atoms with Gasteiger partial charge in [-0.05, 0) is 42.3 Å². The van der Waals surface area contributed by atoms with Crippen molar-refractivity contribution in [2.45, 2.75) is 6.42 Å². The number of benzene rings is 3. The summed E-state index contributed by atoms with van der Waals surface area (Å²) in [6, 6.07) is 22.4. The van der Waals surface area contributed by atoms with Crippen molar-refractivity contribution in [1.82, 2.24) is 9.88 Å². The van der Waals surface area contributed by atoms with Crippen LogP contribution in [-0.4, -0.2) is 41.2 Å². The van der Waals surface area contributed by atoms with Gasteiger partial charge in [0.2, 0.25) is 0 Å². The summed E-state index contributed by atoms with van der Waals surface area (Å²) in [6.45, 7) is 0.437. The van der Waals surface area contributed by atoms with E-state index in [1.54, 1.807) is 17.0 Å². The Hall–Kier alpha value is -3.84. The highest BCUT2D eigenvalue weighted by atomic mass is 32.1. The van der Waals surface area contributed by atoms with Crippen molar-refractivity contribution in [3.8, 4) is 0 Å². The van der Waals surface area contributed by atoms with Crippen LogP contribution in [0.2, 0.25) is 0 Å². The van der Waals surface area contributed by atoms with Gasteiger partial charge in [-0.1, -0.05) is 53.8 Å². The standard InChI is InChI=1S/C25H19N3O3S/c1-27-23(30)18-12-11-17(15-19(18)24(27)31)22(29)28(14-13-16-7-3-2-4-8-16)25-26-20-9-5-6-10-21(20)32-25/h2-12,15H,13-14H2,1H3. The smallest absolute Gasteiger partial charge is 0.261 e. The molecule has 6 nitrogen and oxygen atoms in total. The molecule has 0 saturated carbocycles. The van der Waals surface area contributed by atoms with Crippen molar-refractivity contribution in [3.63, 3.8) is 0 Å². The SMILES string of the molecule is CN1C(=O)c2ccc(C(=O)N(CCc3ccccc3)c3nc4ccccc4s3)cc2C1=O. The molecule has 0 unspecified atom stereocenters. The maximum absolute atomic E-state index is 13.6. The zero-order chi connectivity index (χ0) is 22.2. The highest BCUT2D eigenvalue weighted by Crippen LogP contribution is 2.31. The molecule has 1 aliphatic heterocycles. The van der Waals surface area contributed by atoms with Crippen molar-refractivity contribution in [1.29, 1.82) is 0 Å². The zero-order valence-electron chi connectivity index (χ0n) is 17.3. The molecule has 0 aliphatic carbocycles. The van der Waals surface area contributed by atoms with E-state index >= 15 is 0 Å². The van der Waals surface area contributed by atoms with Gasteiger partial charge in [-0.3, -0.25) is 24.2 Å². The van der Waals surface area contributed by atoms with Gasteiger partial charge in [0.05, 0.1) is 21.3 Å². The third kappa shape index (κ3) is 3.46. The summed E-state index contributed by atoms with van der Waals surface area (Å²) in [5.74, 6) is -0.996. The van der Waals surface area contributed by atoms with E-state index in [-0.39, 0.29) is 17.4 Å². The second-order valence-corrected chi connectivity index (χ2v) is 8.60. The molecule has 2 heterocycles. The maximum Gasteiger partial charge on any atom is 0.261 e. The summed E-state index contributed by atoms with van der Waals surface area (Å²) in [4.78, 5) is 45.6. The summed E-state index contributed by atoms with van der Waals surface area (Å²) < 4.78 is 0.997. The third-order valence-corrected chi connectivity index (χ3v) is 6.62. The molecule has 32 heavy (non-hydrogen) atoms. The third-order valence-electron chi connectivity index (χ3n) is 5.56. The molecule has 3 aromatic carbocycles. The first kappa shape index (κ1) is 20.1. The predicted octanol–water partition coefficient (Wildman–Crippen LogP) is 4.41. The number of thiazole rings is 1. The molecule has 0 bridgehead atoms. The average molecular weight is 442 g/mol. The van der Waals surface area contributed by atoms with Gasteiger partial charge in [0.1, 0.15) is 0 Å². The van der Waals surface area contributed by atoms with Crippen LogP contribution in [0.1, 0.15) is 36.6 Å². The number of carbonyl (C=O) groups excluding carboxylic acids is 3. The number of aromatic nitrogens is 1. The summed E-state index contributed by atoms with van der Waals surface area (Å²) in [5.41, 5.74) is 2.89. The second-order valence-electron chi connectivity index (χ2n) is 7.59. The molecule has 1 aliphatic rings. The van der Waals surface area contributed by atoms with Crippen molar-refractivity contribution in [3.05, 3.63) is 95.1 Å². The minimum absolute atomic E-state index is 0.252. The number of imide groups is 1. The molecule has 0 saturated heterocycles. The lowest BCUT2D eigenvalue weighted by Crippen LogP contribution is -2.33. The topological polar surface area (TPSA) is 70.6 Å². The molecule has 0 fully saturated rings. The van der Waals surface area contributed by atoms with Crippen LogP contribution in [0.5, 0.6) is 0 Å². The van der Waals surface area contributed by atoms with Crippen molar-refractivity contribution >= 4 is 44.4 Å². The zero-order valence-corrected chi connectivity index (χ0v) is 18.1. The van der Waals surface area contributed by atoms with E-state index < -0.39 is 5.91 Å². The molecule has 4 aromatic rings. The van der Waals surface area contributed by atoms with Crippen LogP contribution in [-0.2, 0) is 6.42 Å². The number of anilines is 1. The number of hydrogen-bond donors (Lipinski definition) is 0. The Balaban J connectivity index is 1.52. The molecule has 0 atom stereocenters. The van der Waals surface area contributed by atoms with Crippen LogP contribution < -0.4 is 4.90 Å². The summed E-state index contributed by atoms with van der Waals surface area (Å²) >= 11 is 1.45. The van der Waals surface area contributed by atoms with E-state index in [4.69, 9.17) is 0 Å². The second kappa shape index (κ2) is 8.01. The summed E-state index contributed by atoms with van der Waals surface area (Å²) in [6.07, 6.45) is 0.660. The minimum Gasteiger partial charge on any atom is -0.284 e. The number of amides is 3. The predicted molar refractivity (Wildman–Crippen MR) is 124 cm³/mol. The molecule has 0 spiro atoms. The van der Waals surface area contributed by atoms with Crippen molar-refractivity contribution < 1.29 is 14.4 Å². The van der Waals surface area contributed by atoms with Crippen molar-refractivity contribution in [2.75, 3.05) is 18.5 Å². The van der Waals surface area contributed by atoms with Gasteiger partial charge in [0.25, 0.3) is 17.7 Å². The fraction of sp³-hybridized carbons (Fsp3) is 0.120. The Morgan fingerprint density at radius 2 is 1.66 bits per heavy atom. The van der Waals surface area contributed by atoms with Crippen molar-refractivity contribution in [2.24, 2.45) is 0 Å². The number of rotatable bonds is 5. The molecule has 0 radical (unpaired) electrons. The molecule has 0 N–H and O–H groups in total. The lowest BCUT2D eigenvalue weighted by atomic mass is 10.0. The molecule has 7 heteroatoms. The first-order valence-electron chi connectivity index (χ1n) is 10.2. The first-order chi connectivity index (χ1) is 15.5. The van der Waals surface area contributed by atoms with Crippen LogP contribution >= 0.6 is 11.3 Å². The van der Waals surface area contributed by atoms with Crippen LogP contribution in [0.25, 0.3) is 10.2 Å². The molecule has 1 aromatic heterocycles. The summed E-state index contributed by atoms with van der Waals surface area (Å²) in [5, 5.41) is 0.604. The van der Waals surface area contributed by atoms with E-state index in [1.165, 1.54) is 24.5 Å². The maximum atomic E-state index is 13.6. The van der Waals surface area contributed by atoms with E-state index in [2.05, 4.69) is 4.98 Å². The largest absolute Gasteiger partial charge is 0.284 e. The van der Waals surface area contributed by atoms with Gasteiger partial charge in [0.15, 0.2) is 5.13 Å². The van der Waals surface area contributed by atoms with E-state index in [1.807, 2.05) is 54.6 Å². The Morgan fingerprint density at radius 1 is 0.938 bits per heavy atom. The molecular weight excluding hydrogens is 422 g/mol. The van der Waals surface area contributed by atoms with Gasteiger partial charge in [0, 0.05) is 19.2 Å². The number of carbonyl (C=O) groups is 3. The molecular formula is C25H19N3O3S. The molecule has 158 valence electrons. The monoisotopic (exact) mass is 441 g/mol. The Kier molecular flexibility index (Phi) is 5.03. The minimum atomic E-state index is -0.393. The van der Waals surface area contributed by atoms with Gasteiger partial charge >= 0.3 is 0 Å². The van der Waals surface area contributed by atoms with Gasteiger partial charge < -0.3 is 0 Å². The Morgan fingerprint density at radius 3 is 2.44 bits per heavy atom. The van der Waals surface area contributed by atoms with Crippen LogP contribution in [0.15, 0.2) is 72.8 Å². The number of hydrogen-bond acceptors (Lipinski definition) is 5. The average Bonchev–Trinajstić information content (AvgIpc) is 3.35. The summed E-state index contributed by atoms with van der Waals surface area (Å²) in [7, 11) is 1.44. The lowest BCUT2D eigenvalue weighted by Gasteiger charge is -2.20. The van der Waals surface area contributed by atoms with Crippen LogP contribution in [0, 0.1) is 0 Å². The normalized spacial score (nSPS) is 13.0. The Bertz CT molecular complexity index is 1330. The Labute approximate surface area is 188 Å². The van der Waals surface area contributed by atoms with E-state index in [9.17, 15) is 14.4 Å². The number of para-hydroxylation sites is 1. The first-order valence-corrected chi connectivity index (χ1v) is 11.0. The fourth-order valence-corrected chi connectivity index (χ4v) is 4.79. The highest BCUT2D eigenvalue weighted by Gasteiger charge is 2.34. The fourth-order valence-electron chi connectivity index (χ4n) is 3.80. The van der Waals surface area contributed by atoms with Crippen LogP contribution in [0.3, 0.4) is 0 Å². The van der Waals surface area contributed by atoms with E-state index in [0.29, 0.717) is 29.2 Å². The quantitative estimate of drug-likeness (QED) is 0.430. The van der Waals surface area contributed by atoms with Gasteiger partial charge in [-0.2, -0.15) is 0 Å².